The highest BCUT2D eigenvalue weighted by Gasteiger charge is 2.12. The number of carboxylic acid groups (broad SMARTS) is 1. The van der Waals surface area contributed by atoms with Gasteiger partial charge in [0.05, 0.1) is 17.6 Å². The number of methoxy groups -OCH3 is 1. The Hall–Kier alpha value is -3.88. The van der Waals surface area contributed by atoms with E-state index < -0.39 is 5.97 Å². The second kappa shape index (κ2) is 9.54. The molecule has 1 N–H and O–H groups in total. The van der Waals surface area contributed by atoms with Crippen LogP contribution < -0.4 is 4.74 Å². The predicted octanol–water partition coefficient (Wildman–Crippen LogP) is 6.29. The first kappa shape index (κ1) is 21.9. The summed E-state index contributed by atoms with van der Waals surface area (Å²) in [7, 11) is 1.66. The Morgan fingerprint density at radius 2 is 1.62 bits per heavy atom. The van der Waals surface area contributed by atoms with Crippen molar-refractivity contribution in [3.05, 3.63) is 95.1 Å². The molecule has 0 saturated heterocycles. The van der Waals surface area contributed by atoms with E-state index in [4.69, 9.17) is 9.84 Å². The van der Waals surface area contributed by atoms with Gasteiger partial charge >= 0.3 is 5.97 Å². The Balaban J connectivity index is 1.34. The summed E-state index contributed by atoms with van der Waals surface area (Å²) in [5.74, 6) is -0.101. The van der Waals surface area contributed by atoms with Crippen molar-refractivity contribution in [2.45, 2.75) is 6.42 Å². The van der Waals surface area contributed by atoms with Crippen LogP contribution in [-0.2, 0) is 6.42 Å². The molecule has 5 aromatic rings. The molecule has 0 amide bonds. The summed E-state index contributed by atoms with van der Waals surface area (Å²) in [4.78, 5) is 16.8. The molecule has 0 aliphatic carbocycles. The molecule has 2 heterocycles. The van der Waals surface area contributed by atoms with Gasteiger partial charge in [-0.2, -0.15) is 0 Å². The van der Waals surface area contributed by atoms with Crippen LogP contribution in [0, 0.1) is 0 Å². The second-order valence-electron chi connectivity index (χ2n) is 7.52. The maximum absolute atomic E-state index is 11.0. The van der Waals surface area contributed by atoms with E-state index in [-0.39, 0.29) is 5.56 Å². The van der Waals surface area contributed by atoms with E-state index in [1.165, 1.54) is 11.3 Å². The monoisotopic (exact) mass is 485 g/mol. The fourth-order valence-electron chi connectivity index (χ4n) is 3.46. The van der Waals surface area contributed by atoms with Gasteiger partial charge in [0.1, 0.15) is 20.8 Å². The minimum absolute atomic E-state index is 0.274. The van der Waals surface area contributed by atoms with E-state index >= 15 is 0 Å². The summed E-state index contributed by atoms with van der Waals surface area (Å²) < 4.78 is 5.24. The molecule has 0 radical (unpaired) electrons. The standard InChI is InChI=1S/C26H19N3O3S2/c1-32-21-11-9-17(10-12-21)22-15-27-24(33-22)19-3-2-4-20(14-19)25-29-28-23(34-25)13-16-5-7-18(8-6-16)26(30)31/h2-12,14-15H,13H2,1H3,(H,30,31). The van der Waals surface area contributed by atoms with Crippen LogP contribution in [0.15, 0.2) is 79.0 Å². The third-order valence-corrected chi connectivity index (χ3v) is 7.33. The number of benzene rings is 3. The largest absolute Gasteiger partial charge is 0.497 e. The van der Waals surface area contributed by atoms with Gasteiger partial charge in [0.25, 0.3) is 0 Å². The summed E-state index contributed by atoms with van der Waals surface area (Å²) in [6.07, 6.45) is 2.50. The van der Waals surface area contributed by atoms with Crippen LogP contribution in [-0.4, -0.2) is 33.4 Å². The number of nitrogens with zero attached hydrogens (tertiary/aromatic N) is 3. The summed E-state index contributed by atoms with van der Waals surface area (Å²) >= 11 is 3.17. The Labute approximate surface area is 204 Å². The molecule has 0 saturated carbocycles. The molecule has 34 heavy (non-hydrogen) atoms. The Morgan fingerprint density at radius 1 is 0.882 bits per heavy atom. The van der Waals surface area contributed by atoms with Crippen molar-refractivity contribution < 1.29 is 14.6 Å². The SMILES string of the molecule is COc1ccc(-c2cnc(-c3cccc(-c4nnc(Cc5ccc(C(=O)O)cc5)s4)c3)s2)cc1. The molecule has 168 valence electrons. The number of carbonyl (C=O) groups is 1. The maximum Gasteiger partial charge on any atom is 0.335 e. The highest BCUT2D eigenvalue weighted by molar-refractivity contribution is 7.18. The lowest BCUT2D eigenvalue weighted by Crippen LogP contribution is -1.96. The molecule has 0 bridgehead atoms. The maximum atomic E-state index is 11.0. The average Bonchev–Trinajstić information content (AvgIpc) is 3.55. The van der Waals surface area contributed by atoms with E-state index in [0.717, 1.165) is 47.9 Å². The van der Waals surface area contributed by atoms with E-state index in [9.17, 15) is 4.79 Å². The number of carboxylic acids is 1. The third-order valence-electron chi connectivity index (χ3n) is 5.26. The minimum Gasteiger partial charge on any atom is -0.497 e. The Bertz CT molecular complexity index is 1440. The van der Waals surface area contributed by atoms with Crippen LogP contribution in [0.5, 0.6) is 5.75 Å². The minimum atomic E-state index is -0.930. The van der Waals surface area contributed by atoms with Gasteiger partial charge in [0.2, 0.25) is 0 Å². The number of ether oxygens (including phenoxy) is 1. The molecule has 2 aromatic heterocycles. The van der Waals surface area contributed by atoms with E-state index in [0.29, 0.717) is 6.42 Å². The topological polar surface area (TPSA) is 85.2 Å². The quantitative estimate of drug-likeness (QED) is 0.291. The average molecular weight is 486 g/mol. The number of rotatable bonds is 7. The number of hydrogen-bond acceptors (Lipinski definition) is 7. The molecule has 0 spiro atoms. The highest BCUT2D eigenvalue weighted by Crippen LogP contribution is 2.35. The van der Waals surface area contributed by atoms with Gasteiger partial charge in [0.15, 0.2) is 0 Å². The van der Waals surface area contributed by atoms with Gasteiger partial charge in [0, 0.05) is 23.7 Å². The lowest BCUT2D eigenvalue weighted by Gasteiger charge is -2.01. The Morgan fingerprint density at radius 3 is 2.32 bits per heavy atom. The van der Waals surface area contributed by atoms with Gasteiger partial charge in [-0.05, 0) is 53.6 Å². The van der Waals surface area contributed by atoms with Gasteiger partial charge in [-0.3, -0.25) is 0 Å². The summed E-state index contributed by atoms with van der Waals surface area (Å²) in [6, 6.07) is 23.0. The van der Waals surface area contributed by atoms with Crippen molar-refractivity contribution in [1.29, 1.82) is 0 Å². The number of thiazole rings is 1. The fraction of sp³-hybridized carbons (Fsp3) is 0.0769. The van der Waals surface area contributed by atoms with Crippen molar-refractivity contribution in [2.24, 2.45) is 0 Å². The lowest BCUT2D eigenvalue weighted by molar-refractivity contribution is 0.0697. The molecule has 5 rings (SSSR count). The lowest BCUT2D eigenvalue weighted by atomic mass is 10.1. The second-order valence-corrected chi connectivity index (χ2v) is 9.61. The highest BCUT2D eigenvalue weighted by atomic mass is 32.1. The molecular formula is C26H19N3O3S2. The van der Waals surface area contributed by atoms with Crippen molar-refractivity contribution in [1.82, 2.24) is 15.2 Å². The first-order valence-corrected chi connectivity index (χ1v) is 12.1. The third kappa shape index (κ3) is 4.73. The van der Waals surface area contributed by atoms with Gasteiger partial charge in [-0.25, -0.2) is 9.78 Å². The van der Waals surface area contributed by atoms with Gasteiger partial charge in [-0.15, -0.1) is 21.5 Å². The molecule has 0 fully saturated rings. The number of hydrogen-bond donors (Lipinski definition) is 1. The van der Waals surface area contributed by atoms with Crippen molar-refractivity contribution >= 4 is 28.6 Å². The van der Waals surface area contributed by atoms with E-state index in [1.54, 1.807) is 30.6 Å². The van der Waals surface area contributed by atoms with Crippen molar-refractivity contribution in [3.8, 4) is 37.3 Å². The molecule has 0 unspecified atom stereocenters. The zero-order chi connectivity index (χ0) is 23.5. The summed E-state index contributed by atoms with van der Waals surface area (Å²) in [5, 5.41) is 20.4. The van der Waals surface area contributed by atoms with Crippen LogP contribution in [0.2, 0.25) is 0 Å². The van der Waals surface area contributed by atoms with Crippen LogP contribution in [0.1, 0.15) is 20.9 Å². The van der Waals surface area contributed by atoms with E-state index in [1.807, 2.05) is 60.8 Å². The normalized spacial score (nSPS) is 10.9. The molecule has 8 heteroatoms. The van der Waals surface area contributed by atoms with Crippen LogP contribution in [0.25, 0.3) is 31.6 Å². The number of aromatic carboxylic acids is 1. The zero-order valence-corrected chi connectivity index (χ0v) is 19.8. The Kier molecular flexibility index (Phi) is 6.16. The molecule has 3 aromatic carbocycles. The van der Waals surface area contributed by atoms with Crippen LogP contribution in [0.4, 0.5) is 0 Å². The van der Waals surface area contributed by atoms with Crippen molar-refractivity contribution in [3.63, 3.8) is 0 Å². The molecule has 0 aliphatic rings. The van der Waals surface area contributed by atoms with Crippen LogP contribution >= 0.6 is 22.7 Å². The van der Waals surface area contributed by atoms with E-state index in [2.05, 4.69) is 21.2 Å². The fourth-order valence-corrected chi connectivity index (χ4v) is 5.25. The zero-order valence-electron chi connectivity index (χ0n) is 18.1. The van der Waals surface area contributed by atoms with Crippen molar-refractivity contribution in [2.75, 3.05) is 7.11 Å². The smallest absolute Gasteiger partial charge is 0.335 e. The first-order chi connectivity index (χ1) is 16.6. The summed E-state index contributed by atoms with van der Waals surface area (Å²) in [5.41, 5.74) is 4.39. The summed E-state index contributed by atoms with van der Waals surface area (Å²) in [6.45, 7) is 0. The van der Waals surface area contributed by atoms with Gasteiger partial charge in [-0.1, -0.05) is 41.7 Å². The molecule has 0 atom stereocenters. The van der Waals surface area contributed by atoms with Crippen LogP contribution in [0.3, 0.4) is 0 Å². The molecule has 0 aliphatic heterocycles. The molecule has 6 nitrogen and oxygen atoms in total. The molecular weight excluding hydrogens is 466 g/mol. The number of aromatic nitrogens is 3. The van der Waals surface area contributed by atoms with Gasteiger partial charge < -0.3 is 9.84 Å². The first-order valence-electron chi connectivity index (χ1n) is 10.4. The predicted molar refractivity (Wildman–Crippen MR) is 135 cm³/mol.